The maximum Gasteiger partial charge on any atom is 0.0975 e. The Labute approximate surface area is 256 Å². The minimum Gasteiger partial charge on any atom is -0.254 e. The van der Waals surface area contributed by atoms with E-state index >= 15 is 0 Å². The van der Waals surface area contributed by atoms with Gasteiger partial charge in [0.1, 0.15) is 0 Å². The number of aryl methyl sites for hydroxylation is 3. The van der Waals surface area contributed by atoms with Crippen molar-refractivity contribution in [3.05, 3.63) is 132 Å². The molecule has 0 unspecified atom stereocenters. The molecule has 6 aromatic carbocycles. The molecule has 0 fully saturated rings. The molecule has 2 aromatic heterocycles. The van der Waals surface area contributed by atoms with Gasteiger partial charge < -0.3 is 0 Å². The molecule has 0 amide bonds. The molecule has 44 heavy (non-hydrogen) atoms. The van der Waals surface area contributed by atoms with Crippen molar-refractivity contribution >= 4 is 43.4 Å². The first-order chi connectivity index (χ1) is 21.5. The Morgan fingerprint density at radius 3 is 1.91 bits per heavy atom. The van der Waals surface area contributed by atoms with E-state index in [1.165, 1.54) is 88.0 Å². The number of fused-ring (bicyclic) bond motifs is 7. The topological polar surface area (TPSA) is 25.8 Å². The normalized spacial score (nSPS) is 12.1. The number of hydrogen-bond acceptors (Lipinski definition) is 2. The third kappa shape index (κ3) is 3.43. The van der Waals surface area contributed by atoms with Gasteiger partial charge >= 0.3 is 0 Å². The first kappa shape index (κ1) is 25.2. The van der Waals surface area contributed by atoms with E-state index in [2.05, 4.69) is 131 Å². The highest BCUT2D eigenvalue weighted by Crippen LogP contribution is 2.49. The molecular weight excluding hydrogens is 532 g/mol. The third-order valence-electron chi connectivity index (χ3n) is 10.1. The van der Waals surface area contributed by atoms with Crippen LogP contribution < -0.4 is 0 Å². The number of pyridine rings is 2. The van der Waals surface area contributed by atoms with Gasteiger partial charge in [0.25, 0.3) is 0 Å². The summed E-state index contributed by atoms with van der Waals surface area (Å²) in [6.07, 6.45) is 1.98. The summed E-state index contributed by atoms with van der Waals surface area (Å²) < 4.78 is 0. The van der Waals surface area contributed by atoms with Gasteiger partial charge in [0.15, 0.2) is 0 Å². The molecule has 2 heterocycles. The summed E-state index contributed by atoms with van der Waals surface area (Å²) >= 11 is 0. The first-order valence-corrected chi connectivity index (χ1v) is 15.3. The molecule has 0 aliphatic heterocycles. The largest absolute Gasteiger partial charge is 0.254 e. The number of nitrogens with zero attached hydrogens (tertiary/aromatic N) is 2. The zero-order valence-corrected chi connectivity index (χ0v) is 25.3. The summed E-state index contributed by atoms with van der Waals surface area (Å²) in [4.78, 5) is 10.2. The molecule has 0 saturated heterocycles. The SMILES string of the molecule is Cc1cnc2c(ccc3c(C)c(C)c(-c4ccc5ccc(-c6ccc7c8c(cccc68)-c6ccccc6-7)cc5c4)nc32)c1C. The Morgan fingerprint density at radius 2 is 1.11 bits per heavy atom. The minimum absolute atomic E-state index is 0.978. The van der Waals surface area contributed by atoms with Gasteiger partial charge in [-0.05, 0) is 117 Å². The van der Waals surface area contributed by atoms with Crippen LogP contribution in [0, 0.1) is 27.7 Å². The minimum atomic E-state index is 0.978. The van der Waals surface area contributed by atoms with E-state index in [1.54, 1.807) is 0 Å². The summed E-state index contributed by atoms with van der Waals surface area (Å²) in [7, 11) is 0. The van der Waals surface area contributed by atoms with E-state index in [0.29, 0.717) is 0 Å². The lowest BCUT2D eigenvalue weighted by Gasteiger charge is -2.15. The summed E-state index contributed by atoms with van der Waals surface area (Å²) in [6.45, 7) is 8.70. The smallest absolute Gasteiger partial charge is 0.0975 e. The van der Waals surface area contributed by atoms with E-state index in [9.17, 15) is 0 Å². The Bertz CT molecular complexity index is 2510. The van der Waals surface area contributed by atoms with Crippen molar-refractivity contribution < 1.29 is 0 Å². The van der Waals surface area contributed by atoms with E-state index in [-0.39, 0.29) is 0 Å². The molecule has 208 valence electrons. The van der Waals surface area contributed by atoms with E-state index in [4.69, 9.17) is 9.97 Å². The van der Waals surface area contributed by atoms with Crippen LogP contribution in [0.4, 0.5) is 0 Å². The average molecular weight is 563 g/mol. The number of rotatable bonds is 2. The van der Waals surface area contributed by atoms with E-state index < -0.39 is 0 Å². The third-order valence-corrected chi connectivity index (χ3v) is 10.1. The zero-order chi connectivity index (χ0) is 29.7. The highest BCUT2D eigenvalue weighted by Gasteiger charge is 2.22. The summed E-state index contributed by atoms with van der Waals surface area (Å²) in [5.74, 6) is 0. The van der Waals surface area contributed by atoms with Gasteiger partial charge in [-0.25, -0.2) is 4.98 Å². The molecule has 0 atom stereocenters. The van der Waals surface area contributed by atoms with Crippen LogP contribution in [0.5, 0.6) is 0 Å². The van der Waals surface area contributed by atoms with Gasteiger partial charge in [-0.1, -0.05) is 91.0 Å². The quantitative estimate of drug-likeness (QED) is 0.196. The molecule has 2 nitrogen and oxygen atoms in total. The average Bonchev–Trinajstić information content (AvgIpc) is 3.39. The lowest BCUT2D eigenvalue weighted by atomic mass is 9.92. The van der Waals surface area contributed by atoms with Crippen molar-refractivity contribution in [3.8, 4) is 44.6 Å². The highest BCUT2D eigenvalue weighted by molar-refractivity contribution is 6.19. The lowest BCUT2D eigenvalue weighted by molar-refractivity contribution is 1.25. The van der Waals surface area contributed by atoms with Gasteiger partial charge in [-0.2, -0.15) is 0 Å². The van der Waals surface area contributed by atoms with Crippen molar-refractivity contribution in [1.82, 2.24) is 9.97 Å². The maximum absolute atomic E-state index is 5.32. The van der Waals surface area contributed by atoms with E-state index in [0.717, 1.165) is 22.3 Å². The van der Waals surface area contributed by atoms with Crippen LogP contribution in [0.25, 0.3) is 88.0 Å². The molecule has 0 spiro atoms. The van der Waals surface area contributed by atoms with E-state index in [1.807, 2.05) is 6.20 Å². The molecule has 0 radical (unpaired) electrons. The van der Waals surface area contributed by atoms with Gasteiger partial charge in [-0.15, -0.1) is 0 Å². The van der Waals surface area contributed by atoms with Gasteiger partial charge in [-0.3, -0.25) is 4.98 Å². The van der Waals surface area contributed by atoms with Crippen LogP contribution in [0.15, 0.2) is 109 Å². The fraction of sp³-hybridized carbons (Fsp3) is 0.0952. The van der Waals surface area contributed by atoms with Crippen molar-refractivity contribution in [2.24, 2.45) is 0 Å². The number of benzene rings is 6. The Hall–Kier alpha value is -5.34. The summed E-state index contributed by atoms with van der Waals surface area (Å²) in [6, 6.07) is 38.1. The van der Waals surface area contributed by atoms with Crippen LogP contribution in [0.3, 0.4) is 0 Å². The predicted octanol–water partition coefficient (Wildman–Crippen LogP) is 11.3. The van der Waals surface area contributed by atoms with Gasteiger partial charge in [0, 0.05) is 22.5 Å². The molecule has 0 bridgehead atoms. The fourth-order valence-corrected chi connectivity index (χ4v) is 7.38. The standard InChI is InChI=1S/C42H30N2/c1-23-22-43-41-31(24(23)2)16-17-32-25(3)26(4)40(44-42(32)41)29-15-13-27-12-14-28(20-30(27)21-29)33-18-19-38-35-9-6-5-8-34(35)37-11-7-10-36(33)39(37)38/h5-22H,1-4H3. The zero-order valence-electron chi connectivity index (χ0n) is 25.3. The molecule has 2 heteroatoms. The number of aromatic nitrogens is 2. The van der Waals surface area contributed by atoms with Crippen molar-refractivity contribution in [1.29, 1.82) is 0 Å². The van der Waals surface area contributed by atoms with Crippen LogP contribution in [-0.2, 0) is 0 Å². The first-order valence-electron chi connectivity index (χ1n) is 15.3. The van der Waals surface area contributed by atoms with Gasteiger partial charge in [0.05, 0.1) is 16.7 Å². The van der Waals surface area contributed by atoms with Crippen LogP contribution >= 0.6 is 0 Å². The van der Waals surface area contributed by atoms with Gasteiger partial charge in [0.2, 0.25) is 0 Å². The maximum atomic E-state index is 5.32. The fourth-order valence-electron chi connectivity index (χ4n) is 7.38. The van der Waals surface area contributed by atoms with Crippen molar-refractivity contribution in [2.75, 3.05) is 0 Å². The Kier molecular flexibility index (Phi) is 5.20. The summed E-state index contributed by atoms with van der Waals surface area (Å²) in [5.41, 5.74) is 16.9. The monoisotopic (exact) mass is 562 g/mol. The molecule has 9 rings (SSSR count). The van der Waals surface area contributed by atoms with Crippen molar-refractivity contribution in [3.63, 3.8) is 0 Å². The summed E-state index contributed by atoms with van der Waals surface area (Å²) in [5, 5.41) is 7.46. The lowest BCUT2D eigenvalue weighted by Crippen LogP contribution is -1.97. The Balaban J connectivity index is 1.22. The second-order valence-electron chi connectivity index (χ2n) is 12.3. The van der Waals surface area contributed by atoms with Crippen LogP contribution in [-0.4, -0.2) is 9.97 Å². The highest BCUT2D eigenvalue weighted by atomic mass is 14.8. The molecule has 1 aliphatic carbocycles. The molecule has 1 aliphatic rings. The molecule has 0 saturated carbocycles. The second-order valence-corrected chi connectivity index (χ2v) is 12.3. The van der Waals surface area contributed by atoms with Crippen LogP contribution in [0.1, 0.15) is 22.3 Å². The molecule has 8 aromatic rings. The predicted molar refractivity (Wildman–Crippen MR) is 186 cm³/mol. The molecular formula is C42H30N2. The van der Waals surface area contributed by atoms with Crippen LogP contribution in [0.2, 0.25) is 0 Å². The van der Waals surface area contributed by atoms with Crippen molar-refractivity contribution in [2.45, 2.75) is 27.7 Å². The Morgan fingerprint density at radius 1 is 0.455 bits per heavy atom. The second kappa shape index (κ2) is 9.08. The number of hydrogen-bond donors (Lipinski definition) is 0. The molecule has 0 N–H and O–H groups in total.